The van der Waals surface area contributed by atoms with Gasteiger partial charge in [-0.3, -0.25) is 4.79 Å². The minimum absolute atomic E-state index is 0.145. The van der Waals surface area contributed by atoms with Crippen LogP contribution in [0.25, 0.3) is 0 Å². The van der Waals surface area contributed by atoms with Gasteiger partial charge in [-0.05, 0) is 56.8 Å². The molecule has 0 heterocycles. The largest absolute Gasteiger partial charge is 0.325 e. The van der Waals surface area contributed by atoms with Crippen molar-refractivity contribution in [3.05, 3.63) is 41.7 Å². The van der Waals surface area contributed by atoms with E-state index in [0.29, 0.717) is 5.69 Å². The quantitative estimate of drug-likeness (QED) is 0.618. The van der Waals surface area contributed by atoms with Crippen molar-refractivity contribution in [2.24, 2.45) is 0 Å². The Kier molecular flexibility index (Phi) is 5.74. The molecule has 0 saturated carbocycles. The van der Waals surface area contributed by atoms with E-state index in [1.807, 2.05) is 0 Å². The van der Waals surface area contributed by atoms with Gasteiger partial charge in [0.2, 0.25) is 5.91 Å². The van der Waals surface area contributed by atoms with Crippen LogP contribution in [0.2, 0.25) is 0 Å². The zero-order valence-corrected chi connectivity index (χ0v) is 11.6. The summed E-state index contributed by atoms with van der Waals surface area (Å²) in [5.41, 5.74) is 1.99. The molecule has 0 aliphatic heterocycles. The van der Waals surface area contributed by atoms with Crippen LogP contribution in [0.1, 0.15) is 32.1 Å². The summed E-state index contributed by atoms with van der Waals surface area (Å²) in [5, 5.41) is 5.79. The maximum Gasteiger partial charge on any atom is 0.238 e. The highest BCUT2D eigenvalue weighted by Crippen LogP contribution is 2.19. The van der Waals surface area contributed by atoms with Gasteiger partial charge in [-0.1, -0.05) is 17.7 Å². The summed E-state index contributed by atoms with van der Waals surface area (Å²) in [6, 6.07) is 5.91. The first-order valence-electron chi connectivity index (χ1n) is 7.18. The van der Waals surface area contributed by atoms with Crippen molar-refractivity contribution in [1.29, 1.82) is 0 Å². The number of amides is 1. The molecule has 108 valence electrons. The molecule has 0 unspecified atom stereocenters. The van der Waals surface area contributed by atoms with Gasteiger partial charge in [-0.25, -0.2) is 4.39 Å². The molecular weight excluding hydrogens is 255 g/mol. The molecule has 0 fully saturated rings. The Balaban J connectivity index is 1.64. The van der Waals surface area contributed by atoms with Gasteiger partial charge in [0.1, 0.15) is 5.82 Å². The fourth-order valence-corrected chi connectivity index (χ4v) is 2.35. The van der Waals surface area contributed by atoms with Gasteiger partial charge in [0, 0.05) is 5.69 Å². The number of carbonyl (C=O) groups is 1. The first-order valence-corrected chi connectivity index (χ1v) is 7.18. The van der Waals surface area contributed by atoms with E-state index in [9.17, 15) is 9.18 Å². The predicted octanol–water partition coefficient (Wildman–Crippen LogP) is 3.24. The molecule has 0 saturated heterocycles. The Morgan fingerprint density at radius 1 is 1.30 bits per heavy atom. The molecule has 1 aromatic carbocycles. The molecule has 1 aromatic rings. The third kappa shape index (κ3) is 5.13. The Morgan fingerprint density at radius 3 is 2.95 bits per heavy atom. The predicted molar refractivity (Wildman–Crippen MR) is 79.1 cm³/mol. The topological polar surface area (TPSA) is 41.1 Å². The van der Waals surface area contributed by atoms with Gasteiger partial charge >= 0.3 is 0 Å². The zero-order chi connectivity index (χ0) is 14.2. The van der Waals surface area contributed by atoms with Crippen LogP contribution in [0.3, 0.4) is 0 Å². The number of hydrogen-bond acceptors (Lipinski definition) is 2. The summed E-state index contributed by atoms with van der Waals surface area (Å²) < 4.78 is 13.0. The monoisotopic (exact) mass is 276 g/mol. The Morgan fingerprint density at radius 2 is 2.20 bits per heavy atom. The van der Waals surface area contributed by atoms with Crippen molar-refractivity contribution in [3.63, 3.8) is 0 Å². The van der Waals surface area contributed by atoms with E-state index >= 15 is 0 Å². The molecule has 0 atom stereocenters. The van der Waals surface area contributed by atoms with Crippen molar-refractivity contribution in [2.75, 3.05) is 18.4 Å². The molecule has 20 heavy (non-hydrogen) atoms. The van der Waals surface area contributed by atoms with Gasteiger partial charge in [-0.15, -0.1) is 0 Å². The molecule has 0 aromatic heterocycles. The maximum atomic E-state index is 13.0. The lowest BCUT2D eigenvalue weighted by atomic mass is 9.97. The lowest BCUT2D eigenvalue weighted by molar-refractivity contribution is -0.115. The average molecular weight is 276 g/mol. The van der Waals surface area contributed by atoms with Gasteiger partial charge in [-0.2, -0.15) is 0 Å². The first-order chi connectivity index (χ1) is 9.74. The van der Waals surface area contributed by atoms with Crippen LogP contribution in [0.5, 0.6) is 0 Å². The minimum Gasteiger partial charge on any atom is -0.325 e. The Labute approximate surface area is 119 Å². The average Bonchev–Trinajstić information content (AvgIpc) is 2.45. The van der Waals surface area contributed by atoms with E-state index in [2.05, 4.69) is 16.7 Å². The van der Waals surface area contributed by atoms with Gasteiger partial charge in [0.15, 0.2) is 0 Å². The minimum atomic E-state index is -0.347. The van der Waals surface area contributed by atoms with Crippen LogP contribution < -0.4 is 10.6 Å². The van der Waals surface area contributed by atoms with Crippen molar-refractivity contribution >= 4 is 11.6 Å². The fourth-order valence-electron chi connectivity index (χ4n) is 2.35. The van der Waals surface area contributed by atoms with E-state index in [1.165, 1.54) is 43.4 Å². The third-order valence-electron chi connectivity index (χ3n) is 3.40. The number of nitrogens with one attached hydrogen (secondary N) is 2. The Bertz CT molecular complexity index is 485. The fraction of sp³-hybridized carbons (Fsp3) is 0.438. The van der Waals surface area contributed by atoms with E-state index < -0.39 is 0 Å². The van der Waals surface area contributed by atoms with Crippen LogP contribution in [0, 0.1) is 5.82 Å². The summed E-state index contributed by atoms with van der Waals surface area (Å²) in [5.74, 6) is -0.492. The normalized spacial score (nSPS) is 14.8. The highest BCUT2D eigenvalue weighted by atomic mass is 19.1. The highest BCUT2D eigenvalue weighted by Gasteiger charge is 2.05. The maximum absolute atomic E-state index is 13.0. The molecule has 4 heteroatoms. The number of benzene rings is 1. The number of anilines is 1. The number of rotatable bonds is 6. The first kappa shape index (κ1) is 14.7. The second-order valence-corrected chi connectivity index (χ2v) is 5.09. The number of hydrogen-bond donors (Lipinski definition) is 2. The van der Waals surface area contributed by atoms with Crippen LogP contribution in [-0.4, -0.2) is 19.0 Å². The van der Waals surface area contributed by atoms with Crippen LogP contribution in [-0.2, 0) is 4.79 Å². The highest BCUT2D eigenvalue weighted by molar-refractivity contribution is 5.92. The second-order valence-electron chi connectivity index (χ2n) is 5.09. The van der Waals surface area contributed by atoms with E-state index in [1.54, 1.807) is 12.1 Å². The summed E-state index contributed by atoms with van der Waals surface area (Å²) >= 11 is 0. The lowest BCUT2D eigenvalue weighted by Gasteiger charge is -2.12. The molecule has 2 N–H and O–H groups in total. The van der Waals surface area contributed by atoms with Crippen molar-refractivity contribution in [1.82, 2.24) is 5.32 Å². The Hall–Kier alpha value is -1.68. The van der Waals surface area contributed by atoms with Gasteiger partial charge in [0.25, 0.3) is 0 Å². The number of carbonyl (C=O) groups excluding carboxylic acids is 1. The molecule has 1 amide bonds. The summed E-state index contributed by atoms with van der Waals surface area (Å²) in [7, 11) is 0. The third-order valence-corrected chi connectivity index (χ3v) is 3.40. The van der Waals surface area contributed by atoms with Crippen LogP contribution in [0.4, 0.5) is 10.1 Å². The molecule has 1 aliphatic rings. The molecule has 0 spiro atoms. The van der Waals surface area contributed by atoms with Gasteiger partial charge in [0.05, 0.1) is 6.54 Å². The van der Waals surface area contributed by atoms with Crippen molar-refractivity contribution < 1.29 is 9.18 Å². The van der Waals surface area contributed by atoms with Crippen LogP contribution >= 0.6 is 0 Å². The zero-order valence-electron chi connectivity index (χ0n) is 11.6. The standard InChI is InChI=1S/C16H21FN2O/c17-14-7-4-8-15(11-14)19-16(20)12-18-10-9-13-5-2-1-3-6-13/h4-5,7-8,11,18H,1-3,6,9-10,12H2,(H,19,20). The van der Waals surface area contributed by atoms with E-state index in [0.717, 1.165) is 13.0 Å². The molecule has 3 nitrogen and oxygen atoms in total. The second kappa shape index (κ2) is 7.80. The molecule has 2 rings (SSSR count). The number of halogens is 1. The van der Waals surface area contributed by atoms with Crippen molar-refractivity contribution in [2.45, 2.75) is 32.1 Å². The summed E-state index contributed by atoms with van der Waals surface area (Å²) in [6.45, 7) is 1.06. The molecule has 0 radical (unpaired) electrons. The van der Waals surface area contributed by atoms with Crippen molar-refractivity contribution in [3.8, 4) is 0 Å². The molecule has 0 bridgehead atoms. The van der Waals surface area contributed by atoms with Gasteiger partial charge < -0.3 is 10.6 Å². The lowest BCUT2D eigenvalue weighted by Crippen LogP contribution is -2.29. The summed E-state index contributed by atoms with van der Waals surface area (Å²) in [6.07, 6.45) is 8.29. The smallest absolute Gasteiger partial charge is 0.238 e. The van der Waals surface area contributed by atoms with Crippen LogP contribution in [0.15, 0.2) is 35.9 Å². The SMILES string of the molecule is O=C(CNCCC1=CCCCC1)Nc1cccc(F)c1. The number of allylic oxidation sites excluding steroid dienone is 1. The molecular formula is C16H21FN2O. The van der Waals surface area contributed by atoms with E-state index in [-0.39, 0.29) is 18.3 Å². The van der Waals surface area contributed by atoms with E-state index in [4.69, 9.17) is 0 Å². The molecule has 1 aliphatic carbocycles. The summed E-state index contributed by atoms with van der Waals surface area (Å²) in [4.78, 5) is 11.7.